The van der Waals surface area contributed by atoms with Crippen LogP contribution >= 0.6 is 0 Å². The van der Waals surface area contributed by atoms with Gasteiger partial charge in [-0.2, -0.15) is 15.0 Å². The summed E-state index contributed by atoms with van der Waals surface area (Å²) in [5.41, 5.74) is 0. The van der Waals surface area contributed by atoms with Crippen molar-refractivity contribution in [3.05, 3.63) is 0 Å². The minimum Gasteiger partial charge on any atom is -0.467 e. The molecule has 0 spiro atoms. The van der Waals surface area contributed by atoms with Crippen molar-refractivity contribution in [3.8, 4) is 6.01 Å². The number of nitrogens with zero attached hydrogens (tertiary/aromatic N) is 3. The molecule has 1 rings (SSSR count). The van der Waals surface area contributed by atoms with E-state index in [9.17, 15) is 0 Å². The van der Waals surface area contributed by atoms with Crippen LogP contribution in [0.15, 0.2) is 0 Å². The average Bonchev–Trinajstić information content (AvgIpc) is 2.34. The Morgan fingerprint density at radius 2 is 1.88 bits per heavy atom. The maximum atomic E-state index is 5.40. The fourth-order valence-corrected chi connectivity index (χ4v) is 1.10. The van der Waals surface area contributed by atoms with Crippen LogP contribution in [-0.2, 0) is 4.74 Å². The number of anilines is 2. The molecule has 7 nitrogen and oxygen atoms in total. The second-order valence-electron chi connectivity index (χ2n) is 3.57. The van der Waals surface area contributed by atoms with E-state index >= 15 is 0 Å². The van der Waals surface area contributed by atoms with Gasteiger partial charge in [-0.05, 0) is 13.8 Å². The van der Waals surface area contributed by atoms with E-state index in [4.69, 9.17) is 9.47 Å². The monoisotopic (exact) mass is 241 g/mol. The van der Waals surface area contributed by atoms with Gasteiger partial charge in [0.15, 0.2) is 0 Å². The molecule has 0 aliphatic heterocycles. The van der Waals surface area contributed by atoms with Gasteiger partial charge in [0.25, 0.3) is 0 Å². The Labute approximate surface area is 101 Å². The van der Waals surface area contributed by atoms with Gasteiger partial charge < -0.3 is 20.1 Å². The van der Waals surface area contributed by atoms with Crippen LogP contribution in [0.5, 0.6) is 6.01 Å². The minimum atomic E-state index is 0.220. The van der Waals surface area contributed by atoms with Gasteiger partial charge in [0.05, 0.1) is 19.8 Å². The molecule has 0 radical (unpaired) electrons. The van der Waals surface area contributed by atoms with E-state index in [0.29, 0.717) is 25.0 Å². The fraction of sp³-hybridized carbons (Fsp3) is 0.700. The van der Waals surface area contributed by atoms with Gasteiger partial charge in [0, 0.05) is 13.6 Å². The second-order valence-corrected chi connectivity index (χ2v) is 3.57. The third-order valence-electron chi connectivity index (χ3n) is 1.86. The third-order valence-corrected chi connectivity index (χ3v) is 1.86. The molecule has 0 aromatic carbocycles. The van der Waals surface area contributed by atoms with Gasteiger partial charge in [-0.25, -0.2) is 0 Å². The Hall–Kier alpha value is -1.63. The lowest BCUT2D eigenvalue weighted by Gasteiger charge is -2.09. The van der Waals surface area contributed by atoms with Crippen LogP contribution in [-0.4, -0.2) is 48.4 Å². The molecule has 0 fully saturated rings. The van der Waals surface area contributed by atoms with Gasteiger partial charge in [-0.3, -0.25) is 0 Å². The van der Waals surface area contributed by atoms with E-state index in [1.54, 1.807) is 7.05 Å². The summed E-state index contributed by atoms with van der Waals surface area (Å²) in [6.07, 6.45) is 0.220. The molecular weight excluding hydrogens is 222 g/mol. The van der Waals surface area contributed by atoms with Crippen LogP contribution in [0.1, 0.15) is 13.8 Å². The van der Waals surface area contributed by atoms with Crippen molar-refractivity contribution >= 4 is 11.9 Å². The van der Waals surface area contributed by atoms with E-state index in [0.717, 1.165) is 0 Å². The zero-order chi connectivity index (χ0) is 12.7. The number of ether oxygens (including phenoxy) is 2. The highest BCUT2D eigenvalue weighted by atomic mass is 16.5. The molecule has 0 amide bonds. The number of methoxy groups -OCH3 is 1. The first kappa shape index (κ1) is 13.4. The molecule has 0 saturated heterocycles. The lowest BCUT2D eigenvalue weighted by atomic mass is 10.5. The minimum absolute atomic E-state index is 0.220. The quantitative estimate of drug-likeness (QED) is 0.682. The summed E-state index contributed by atoms with van der Waals surface area (Å²) in [6.45, 7) is 5.21. The SMILES string of the molecule is CNc1nc(NCCOC(C)C)nc(OC)n1. The number of hydrogen-bond donors (Lipinski definition) is 2. The van der Waals surface area contributed by atoms with Crippen LogP contribution in [0.3, 0.4) is 0 Å². The zero-order valence-electron chi connectivity index (χ0n) is 10.6. The Kier molecular flexibility index (Phi) is 5.41. The van der Waals surface area contributed by atoms with Crippen LogP contribution in [0.2, 0.25) is 0 Å². The summed E-state index contributed by atoms with van der Waals surface area (Å²) in [7, 11) is 3.25. The van der Waals surface area contributed by atoms with E-state index < -0.39 is 0 Å². The normalized spacial score (nSPS) is 10.4. The summed E-state index contributed by atoms with van der Waals surface area (Å²) in [6, 6.07) is 0.275. The first-order valence-electron chi connectivity index (χ1n) is 5.49. The first-order chi connectivity index (χ1) is 8.15. The highest BCUT2D eigenvalue weighted by molar-refractivity contribution is 5.35. The largest absolute Gasteiger partial charge is 0.467 e. The molecule has 17 heavy (non-hydrogen) atoms. The summed E-state index contributed by atoms with van der Waals surface area (Å²) in [5.74, 6) is 0.928. The molecule has 0 aliphatic carbocycles. The average molecular weight is 241 g/mol. The summed E-state index contributed by atoms with van der Waals surface area (Å²) in [4.78, 5) is 12.2. The van der Waals surface area contributed by atoms with Crippen LogP contribution in [0.4, 0.5) is 11.9 Å². The van der Waals surface area contributed by atoms with Gasteiger partial charge in [-0.15, -0.1) is 0 Å². The molecule has 7 heteroatoms. The Balaban J connectivity index is 2.51. The lowest BCUT2D eigenvalue weighted by molar-refractivity contribution is 0.0869. The summed E-state index contributed by atoms with van der Waals surface area (Å²) in [5, 5.41) is 5.88. The third kappa shape index (κ3) is 4.81. The molecule has 0 aliphatic rings. The zero-order valence-corrected chi connectivity index (χ0v) is 10.6. The molecule has 0 atom stereocenters. The molecule has 0 saturated carbocycles. The fourth-order valence-electron chi connectivity index (χ4n) is 1.10. The molecule has 1 heterocycles. The number of nitrogens with one attached hydrogen (secondary N) is 2. The highest BCUT2D eigenvalue weighted by Crippen LogP contribution is 2.09. The predicted octanol–water partition coefficient (Wildman–Crippen LogP) is 0.759. The molecule has 0 unspecified atom stereocenters. The van der Waals surface area contributed by atoms with E-state index in [1.165, 1.54) is 7.11 Å². The molecule has 1 aromatic heterocycles. The topological polar surface area (TPSA) is 81.2 Å². The van der Waals surface area contributed by atoms with E-state index in [-0.39, 0.29) is 12.1 Å². The van der Waals surface area contributed by atoms with Crippen molar-refractivity contribution in [3.63, 3.8) is 0 Å². The maximum absolute atomic E-state index is 5.40. The van der Waals surface area contributed by atoms with Crippen LogP contribution in [0, 0.1) is 0 Å². The molecular formula is C10H19N5O2. The molecule has 0 bridgehead atoms. The first-order valence-corrected chi connectivity index (χ1v) is 5.49. The van der Waals surface area contributed by atoms with Crippen molar-refractivity contribution in [1.29, 1.82) is 0 Å². The second kappa shape index (κ2) is 6.85. The van der Waals surface area contributed by atoms with Crippen molar-refractivity contribution < 1.29 is 9.47 Å². The van der Waals surface area contributed by atoms with E-state index in [2.05, 4.69) is 25.6 Å². The smallest absolute Gasteiger partial charge is 0.322 e. The van der Waals surface area contributed by atoms with Gasteiger partial charge in [-0.1, -0.05) is 0 Å². The highest BCUT2D eigenvalue weighted by Gasteiger charge is 2.04. The standard InChI is InChI=1S/C10H19N5O2/c1-7(2)17-6-5-12-9-13-8(11-3)14-10(15-9)16-4/h7H,5-6H2,1-4H3,(H2,11,12,13,14,15). The van der Waals surface area contributed by atoms with Crippen molar-refractivity contribution in [2.75, 3.05) is 37.9 Å². The molecule has 1 aromatic rings. The summed E-state index contributed by atoms with van der Waals surface area (Å²) < 4.78 is 10.4. The van der Waals surface area contributed by atoms with E-state index in [1.807, 2.05) is 13.8 Å². The number of aromatic nitrogens is 3. The maximum Gasteiger partial charge on any atom is 0.322 e. The predicted molar refractivity (Wildman–Crippen MR) is 65.5 cm³/mol. The molecule has 96 valence electrons. The van der Waals surface area contributed by atoms with Crippen molar-refractivity contribution in [2.45, 2.75) is 20.0 Å². The van der Waals surface area contributed by atoms with Crippen molar-refractivity contribution in [2.24, 2.45) is 0 Å². The van der Waals surface area contributed by atoms with Gasteiger partial charge in [0.2, 0.25) is 11.9 Å². The van der Waals surface area contributed by atoms with Crippen molar-refractivity contribution in [1.82, 2.24) is 15.0 Å². The number of hydrogen-bond acceptors (Lipinski definition) is 7. The Bertz CT molecular complexity index is 323. The lowest BCUT2D eigenvalue weighted by Crippen LogP contribution is -2.15. The molecule has 2 N–H and O–H groups in total. The number of rotatable bonds is 7. The Morgan fingerprint density at radius 3 is 2.47 bits per heavy atom. The van der Waals surface area contributed by atoms with Gasteiger partial charge in [0.1, 0.15) is 0 Å². The van der Waals surface area contributed by atoms with Crippen LogP contribution < -0.4 is 15.4 Å². The van der Waals surface area contributed by atoms with Crippen LogP contribution in [0.25, 0.3) is 0 Å². The van der Waals surface area contributed by atoms with Gasteiger partial charge >= 0.3 is 6.01 Å². The Morgan fingerprint density at radius 1 is 1.18 bits per heavy atom. The summed E-state index contributed by atoms with van der Waals surface area (Å²) >= 11 is 0.